The molecule has 7 nitrogen and oxygen atoms in total. The largest absolute Gasteiger partial charge is 0.340 e. The topological polar surface area (TPSA) is 84.3 Å². The fourth-order valence-electron chi connectivity index (χ4n) is 3.03. The van der Waals surface area contributed by atoms with Gasteiger partial charge in [-0.05, 0) is 38.1 Å². The molecule has 0 radical (unpaired) electrons. The van der Waals surface area contributed by atoms with Crippen LogP contribution in [0.25, 0.3) is 5.69 Å². The molecule has 140 valence electrons. The van der Waals surface area contributed by atoms with Crippen LogP contribution in [0.5, 0.6) is 0 Å². The van der Waals surface area contributed by atoms with E-state index in [0.717, 1.165) is 22.6 Å². The summed E-state index contributed by atoms with van der Waals surface area (Å²) in [6, 6.07) is 7.34. The Morgan fingerprint density at radius 1 is 1.23 bits per heavy atom. The number of aryl methyl sites for hydroxylation is 1. The number of carbonyl (C=O) groups excluding carboxylic acids is 1. The number of nitrogens with one attached hydrogen (secondary N) is 1. The maximum absolute atomic E-state index is 12.7. The highest BCUT2D eigenvalue weighted by atomic mass is 35.5. The summed E-state index contributed by atoms with van der Waals surface area (Å²) in [5.74, 6) is -0.161. The zero-order valence-corrected chi connectivity index (χ0v) is 16.3. The van der Waals surface area contributed by atoms with Crippen molar-refractivity contribution >= 4 is 27.5 Å². The molecule has 26 heavy (non-hydrogen) atoms. The van der Waals surface area contributed by atoms with Gasteiger partial charge in [-0.25, -0.2) is 17.8 Å². The summed E-state index contributed by atoms with van der Waals surface area (Å²) in [6.45, 7) is 4.62. The number of aromatic nitrogens is 2. The van der Waals surface area contributed by atoms with Gasteiger partial charge in [0.2, 0.25) is 15.9 Å². The summed E-state index contributed by atoms with van der Waals surface area (Å²) in [5.41, 5.74) is 3.41. The smallest absolute Gasteiger partial charge is 0.227 e. The first kappa shape index (κ1) is 18.9. The van der Waals surface area contributed by atoms with E-state index < -0.39 is 10.0 Å². The normalized spacial score (nSPS) is 17.1. The van der Waals surface area contributed by atoms with Crippen LogP contribution in [0.1, 0.15) is 17.0 Å². The van der Waals surface area contributed by atoms with E-state index >= 15 is 0 Å². The van der Waals surface area contributed by atoms with E-state index in [0.29, 0.717) is 11.6 Å². The molecule has 1 amide bonds. The Kier molecular flexibility index (Phi) is 5.36. The maximum atomic E-state index is 12.7. The lowest BCUT2D eigenvalue weighted by Gasteiger charge is -2.19. The molecule has 0 aliphatic carbocycles. The Labute approximate surface area is 158 Å². The maximum Gasteiger partial charge on any atom is 0.227 e. The molecule has 0 atom stereocenters. The minimum Gasteiger partial charge on any atom is -0.340 e. The summed E-state index contributed by atoms with van der Waals surface area (Å²) < 4.78 is 27.5. The van der Waals surface area contributed by atoms with Crippen LogP contribution in [0.4, 0.5) is 0 Å². The van der Waals surface area contributed by atoms with Crippen LogP contribution in [0.2, 0.25) is 5.02 Å². The predicted molar refractivity (Wildman–Crippen MR) is 100 cm³/mol. The Morgan fingerprint density at radius 2 is 1.92 bits per heavy atom. The number of amides is 1. The number of hydrogen-bond acceptors (Lipinski definition) is 4. The van der Waals surface area contributed by atoms with Crippen molar-refractivity contribution in [2.75, 3.05) is 25.4 Å². The Morgan fingerprint density at radius 3 is 2.62 bits per heavy atom. The highest BCUT2D eigenvalue weighted by Gasteiger charge is 2.24. The predicted octanol–water partition coefficient (Wildman–Crippen LogP) is 1.45. The Bertz CT molecular complexity index is 922. The van der Waals surface area contributed by atoms with Gasteiger partial charge >= 0.3 is 0 Å². The second-order valence-electron chi connectivity index (χ2n) is 6.31. The number of benzene rings is 1. The van der Waals surface area contributed by atoms with Crippen LogP contribution in [0.15, 0.2) is 24.3 Å². The third kappa shape index (κ3) is 4.08. The Hall–Kier alpha value is -1.90. The fraction of sp³-hybridized carbons (Fsp3) is 0.412. The molecule has 2 aromatic rings. The van der Waals surface area contributed by atoms with Gasteiger partial charge in [-0.1, -0.05) is 11.6 Å². The second-order valence-corrected chi connectivity index (χ2v) is 8.67. The minimum absolute atomic E-state index is 0.0687. The van der Waals surface area contributed by atoms with Crippen molar-refractivity contribution in [1.82, 2.24) is 19.4 Å². The molecule has 0 saturated carbocycles. The third-order valence-electron chi connectivity index (χ3n) is 4.53. The first-order valence-electron chi connectivity index (χ1n) is 8.33. The van der Waals surface area contributed by atoms with Crippen molar-refractivity contribution in [3.63, 3.8) is 0 Å². The molecule has 2 heterocycles. The van der Waals surface area contributed by atoms with Gasteiger partial charge < -0.3 is 4.90 Å². The van der Waals surface area contributed by atoms with Gasteiger partial charge in [0.25, 0.3) is 0 Å². The lowest BCUT2D eigenvalue weighted by Crippen LogP contribution is -2.36. The molecule has 1 saturated heterocycles. The molecule has 0 spiro atoms. The van der Waals surface area contributed by atoms with E-state index in [9.17, 15) is 13.2 Å². The highest BCUT2D eigenvalue weighted by Crippen LogP contribution is 2.20. The molecule has 3 rings (SSSR count). The molecule has 1 aromatic carbocycles. The van der Waals surface area contributed by atoms with Crippen LogP contribution in [-0.4, -0.2) is 54.4 Å². The Balaban J connectivity index is 1.80. The third-order valence-corrected chi connectivity index (χ3v) is 6.14. The number of rotatable bonds is 3. The van der Waals surface area contributed by atoms with Crippen molar-refractivity contribution in [2.24, 2.45) is 0 Å². The van der Waals surface area contributed by atoms with Gasteiger partial charge in [0.15, 0.2) is 0 Å². The van der Waals surface area contributed by atoms with Crippen LogP contribution in [-0.2, 0) is 21.2 Å². The molecule has 1 aliphatic rings. The van der Waals surface area contributed by atoms with E-state index in [-0.39, 0.29) is 31.2 Å². The van der Waals surface area contributed by atoms with Crippen molar-refractivity contribution in [3.05, 3.63) is 46.2 Å². The van der Waals surface area contributed by atoms with Gasteiger partial charge in [-0.3, -0.25) is 4.79 Å². The van der Waals surface area contributed by atoms with Crippen LogP contribution >= 0.6 is 11.6 Å². The zero-order chi connectivity index (χ0) is 18.9. The summed E-state index contributed by atoms with van der Waals surface area (Å²) in [5, 5.41) is 5.19. The molecule has 1 N–H and O–H groups in total. The minimum atomic E-state index is -3.28. The summed E-state index contributed by atoms with van der Waals surface area (Å²) in [4.78, 5) is 14.3. The summed E-state index contributed by atoms with van der Waals surface area (Å²) in [6.07, 6.45) is 0.200. The number of hydrogen-bond donors (Lipinski definition) is 1. The number of halogens is 1. The van der Waals surface area contributed by atoms with Crippen LogP contribution in [0.3, 0.4) is 0 Å². The van der Waals surface area contributed by atoms with Crippen molar-refractivity contribution in [1.29, 1.82) is 0 Å². The molecule has 1 aliphatic heterocycles. The van der Waals surface area contributed by atoms with Crippen LogP contribution in [0, 0.1) is 13.8 Å². The lowest BCUT2D eigenvalue weighted by atomic mass is 10.1. The average Bonchev–Trinajstić information content (AvgIpc) is 2.75. The molecule has 1 fully saturated rings. The van der Waals surface area contributed by atoms with E-state index in [1.807, 2.05) is 26.0 Å². The monoisotopic (exact) mass is 396 g/mol. The zero-order valence-electron chi connectivity index (χ0n) is 14.7. The van der Waals surface area contributed by atoms with Crippen LogP contribution < -0.4 is 4.72 Å². The van der Waals surface area contributed by atoms with E-state index in [1.165, 1.54) is 0 Å². The van der Waals surface area contributed by atoms with Crippen molar-refractivity contribution in [3.8, 4) is 5.69 Å². The van der Waals surface area contributed by atoms with E-state index in [2.05, 4.69) is 9.82 Å². The van der Waals surface area contributed by atoms with Gasteiger partial charge in [-0.15, -0.1) is 0 Å². The van der Waals surface area contributed by atoms with Gasteiger partial charge in [0.05, 0.1) is 23.6 Å². The molecular weight excluding hydrogens is 376 g/mol. The van der Waals surface area contributed by atoms with Gasteiger partial charge in [0, 0.05) is 35.9 Å². The first-order chi connectivity index (χ1) is 12.3. The summed E-state index contributed by atoms with van der Waals surface area (Å²) >= 11 is 5.94. The molecule has 0 bridgehead atoms. The summed E-state index contributed by atoms with van der Waals surface area (Å²) in [7, 11) is -3.28. The van der Waals surface area contributed by atoms with Crippen molar-refractivity contribution < 1.29 is 13.2 Å². The SMILES string of the molecule is Cc1nn(-c2ccc(Cl)cc2)c(C)c1CC(=O)N1CCNS(=O)(=O)CC1. The second kappa shape index (κ2) is 7.38. The molecule has 0 unspecified atom stereocenters. The molecule has 9 heteroatoms. The van der Waals surface area contributed by atoms with E-state index in [4.69, 9.17) is 11.6 Å². The molecular formula is C17H21ClN4O3S. The lowest BCUT2D eigenvalue weighted by molar-refractivity contribution is -0.130. The average molecular weight is 397 g/mol. The molecule has 1 aromatic heterocycles. The van der Waals surface area contributed by atoms with Gasteiger partial charge in [0.1, 0.15) is 0 Å². The number of sulfonamides is 1. The highest BCUT2D eigenvalue weighted by molar-refractivity contribution is 7.89. The van der Waals surface area contributed by atoms with E-state index in [1.54, 1.807) is 21.7 Å². The van der Waals surface area contributed by atoms with Crippen molar-refractivity contribution in [2.45, 2.75) is 20.3 Å². The number of carbonyl (C=O) groups is 1. The fourth-order valence-corrected chi connectivity index (χ4v) is 4.16. The quantitative estimate of drug-likeness (QED) is 0.850. The number of nitrogens with zero attached hydrogens (tertiary/aromatic N) is 3. The van der Waals surface area contributed by atoms with Gasteiger partial charge in [-0.2, -0.15) is 5.10 Å². The standard InChI is InChI=1S/C17H21ClN4O3S/c1-12-16(11-17(23)21-8-7-19-26(24,25)10-9-21)13(2)22(20-12)15-5-3-14(18)4-6-15/h3-6,19H,7-11H2,1-2H3. The first-order valence-corrected chi connectivity index (χ1v) is 10.4.